The molecule has 1 aliphatic heterocycles. The van der Waals surface area contributed by atoms with Gasteiger partial charge < -0.3 is 25.8 Å². The topological polar surface area (TPSA) is 163 Å². The lowest BCUT2D eigenvalue weighted by atomic mass is 10.0. The number of ketones is 1. The molecule has 2 aromatic rings. The molecule has 1 fully saturated rings. The van der Waals surface area contributed by atoms with Crippen LogP contribution in [-0.2, 0) is 16.0 Å². The van der Waals surface area contributed by atoms with Crippen LogP contribution in [0.15, 0.2) is 42.5 Å². The number of aliphatic carboxylic acids is 1. The Hall–Kier alpha value is -4.21. The zero-order valence-electron chi connectivity index (χ0n) is 18.5. The Labute approximate surface area is 196 Å². The average molecular weight is 466 g/mol. The van der Waals surface area contributed by atoms with Crippen LogP contribution in [0.25, 0.3) is 0 Å². The van der Waals surface area contributed by atoms with E-state index in [9.17, 15) is 19.2 Å². The molecule has 2 aromatic carbocycles. The van der Waals surface area contributed by atoms with Crippen molar-refractivity contribution in [1.29, 1.82) is 5.41 Å². The number of ether oxygens (including phenoxy) is 1. The number of carbonyl (C=O) groups excluding carboxylic acids is 3. The minimum absolute atomic E-state index is 0.0346. The third-order valence-corrected chi connectivity index (χ3v) is 5.40. The van der Waals surface area contributed by atoms with E-state index in [1.807, 2.05) is 0 Å². The second kappa shape index (κ2) is 11.1. The SMILES string of the molecule is N=C(N)c1ccc(CC(=O)C(=O)O)c(OCCNC(=O)c2ccc(C(=O)N3CCCC3)cc2)c1. The van der Waals surface area contributed by atoms with Gasteiger partial charge in [0.2, 0.25) is 5.78 Å². The fourth-order valence-electron chi connectivity index (χ4n) is 3.55. The maximum Gasteiger partial charge on any atom is 0.372 e. The molecule has 2 amide bonds. The molecule has 0 unspecified atom stereocenters. The van der Waals surface area contributed by atoms with Crippen molar-refractivity contribution in [1.82, 2.24) is 10.2 Å². The lowest BCUT2D eigenvalue weighted by molar-refractivity contribution is -0.148. The molecule has 34 heavy (non-hydrogen) atoms. The van der Waals surface area contributed by atoms with E-state index in [1.54, 1.807) is 29.2 Å². The summed E-state index contributed by atoms with van der Waals surface area (Å²) in [4.78, 5) is 49.1. The molecule has 0 saturated carbocycles. The molecule has 0 atom stereocenters. The van der Waals surface area contributed by atoms with Gasteiger partial charge in [-0.1, -0.05) is 12.1 Å². The van der Waals surface area contributed by atoms with Crippen LogP contribution in [-0.4, -0.2) is 65.7 Å². The number of nitrogens with one attached hydrogen (secondary N) is 2. The molecule has 10 nitrogen and oxygen atoms in total. The number of amides is 2. The number of likely N-dealkylation sites (tertiary alicyclic amines) is 1. The second-order valence-electron chi connectivity index (χ2n) is 7.82. The van der Waals surface area contributed by atoms with E-state index in [2.05, 4.69) is 5.32 Å². The fraction of sp³-hybridized carbons (Fsp3) is 0.292. The van der Waals surface area contributed by atoms with E-state index >= 15 is 0 Å². The first-order chi connectivity index (χ1) is 16.3. The Balaban J connectivity index is 1.56. The van der Waals surface area contributed by atoms with Crippen LogP contribution >= 0.6 is 0 Å². The van der Waals surface area contributed by atoms with Crippen LogP contribution in [0.2, 0.25) is 0 Å². The highest BCUT2D eigenvalue weighted by Gasteiger charge is 2.20. The molecule has 0 radical (unpaired) electrons. The molecule has 3 rings (SSSR count). The molecule has 0 spiro atoms. The normalized spacial score (nSPS) is 12.8. The molecular formula is C24H26N4O6. The zero-order valence-corrected chi connectivity index (χ0v) is 18.5. The third-order valence-electron chi connectivity index (χ3n) is 5.40. The van der Waals surface area contributed by atoms with E-state index in [0.29, 0.717) is 22.3 Å². The summed E-state index contributed by atoms with van der Waals surface area (Å²) in [6.45, 7) is 1.67. The molecule has 0 aliphatic carbocycles. The van der Waals surface area contributed by atoms with Crippen molar-refractivity contribution in [2.45, 2.75) is 19.3 Å². The van der Waals surface area contributed by atoms with Crippen LogP contribution in [0, 0.1) is 5.41 Å². The minimum atomic E-state index is -1.55. The Morgan fingerprint density at radius 3 is 2.24 bits per heavy atom. The Morgan fingerprint density at radius 1 is 1.00 bits per heavy atom. The van der Waals surface area contributed by atoms with Crippen molar-refractivity contribution in [3.8, 4) is 5.75 Å². The molecular weight excluding hydrogens is 440 g/mol. The van der Waals surface area contributed by atoms with E-state index < -0.39 is 11.8 Å². The van der Waals surface area contributed by atoms with Crippen LogP contribution in [0.5, 0.6) is 5.75 Å². The van der Waals surface area contributed by atoms with Crippen molar-refractivity contribution in [2.75, 3.05) is 26.2 Å². The number of benzene rings is 2. The van der Waals surface area contributed by atoms with Crippen molar-refractivity contribution < 1.29 is 29.0 Å². The van der Waals surface area contributed by atoms with Crippen LogP contribution in [0.3, 0.4) is 0 Å². The van der Waals surface area contributed by atoms with Gasteiger partial charge in [0.05, 0.1) is 6.54 Å². The van der Waals surface area contributed by atoms with Crippen molar-refractivity contribution in [2.24, 2.45) is 5.73 Å². The highest BCUT2D eigenvalue weighted by Crippen LogP contribution is 2.21. The van der Waals surface area contributed by atoms with Gasteiger partial charge in [-0.05, 0) is 43.2 Å². The number of nitrogens with zero attached hydrogens (tertiary/aromatic N) is 1. The first-order valence-electron chi connectivity index (χ1n) is 10.8. The number of carboxylic acids is 1. The number of Topliss-reactive ketones (excluding diaryl/α,β-unsaturated/α-hetero) is 1. The molecule has 1 aliphatic rings. The molecule has 5 N–H and O–H groups in total. The van der Waals surface area contributed by atoms with E-state index in [1.165, 1.54) is 18.2 Å². The lowest BCUT2D eigenvalue weighted by Gasteiger charge is -2.15. The van der Waals surface area contributed by atoms with Gasteiger partial charge in [0.25, 0.3) is 11.8 Å². The van der Waals surface area contributed by atoms with Gasteiger partial charge in [-0.25, -0.2) is 4.79 Å². The van der Waals surface area contributed by atoms with Crippen molar-refractivity contribution in [3.05, 3.63) is 64.7 Å². The summed E-state index contributed by atoms with van der Waals surface area (Å²) >= 11 is 0. The van der Waals surface area contributed by atoms with Gasteiger partial charge >= 0.3 is 5.97 Å². The number of rotatable bonds is 10. The number of nitrogens with two attached hydrogens (primary N) is 1. The maximum atomic E-state index is 12.4. The van der Waals surface area contributed by atoms with Crippen molar-refractivity contribution in [3.63, 3.8) is 0 Å². The molecule has 0 bridgehead atoms. The predicted octanol–water partition coefficient (Wildman–Crippen LogP) is 1.21. The minimum Gasteiger partial charge on any atom is -0.491 e. The predicted molar refractivity (Wildman–Crippen MR) is 123 cm³/mol. The highest BCUT2D eigenvalue weighted by molar-refractivity contribution is 6.33. The van der Waals surface area contributed by atoms with Gasteiger partial charge in [-0.15, -0.1) is 0 Å². The monoisotopic (exact) mass is 466 g/mol. The van der Waals surface area contributed by atoms with Gasteiger partial charge in [-0.2, -0.15) is 0 Å². The fourth-order valence-corrected chi connectivity index (χ4v) is 3.55. The molecule has 0 aromatic heterocycles. The van der Waals surface area contributed by atoms with Gasteiger partial charge in [-0.3, -0.25) is 19.8 Å². The second-order valence-corrected chi connectivity index (χ2v) is 7.82. The van der Waals surface area contributed by atoms with E-state index in [-0.39, 0.29) is 43.0 Å². The van der Waals surface area contributed by atoms with E-state index in [4.69, 9.17) is 21.0 Å². The standard InChI is InChI=1S/C24H26N4O6/c25-21(26)18-8-7-17(13-19(29)24(32)33)20(14-18)34-12-9-27-22(30)15-3-5-16(6-4-15)23(31)28-10-1-2-11-28/h3-8,14H,1-2,9-13H2,(H3,25,26)(H,27,30)(H,32,33). The van der Waals surface area contributed by atoms with Crippen LogP contribution in [0.1, 0.15) is 44.7 Å². The molecule has 1 heterocycles. The van der Waals surface area contributed by atoms with Crippen LogP contribution < -0.4 is 15.8 Å². The number of hydrogen-bond acceptors (Lipinski definition) is 6. The highest BCUT2D eigenvalue weighted by atomic mass is 16.5. The third kappa shape index (κ3) is 6.18. The average Bonchev–Trinajstić information content (AvgIpc) is 3.37. The largest absolute Gasteiger partial charge is 0.491 e. The number of carbonyl (C=O) groups is 4. The summed E-state index contributed by atoms with van der Waals surface area (Å²) in [5.74, 6) is -2.94. The van der Waals surface area contributed by atoms with E-state index in [0.717, 1.165) is 25.9 Å². The molecule has 1 saturated heterocycles. The lowest BCUT2D eigenvalue weighted by Crippen LogP contribution is -2.29. The Morgan fingerprint density at radius 2 is 1.62 bits per heavy atom. The number of hydrogen-bond donors (Lipinski definition) is 4. The summed E-state index contributed by atoms with van der Waals surface area (Å²) < 4.78 is 5.64. The van der Waals surface area contributed by atoms with Crippen molar-refractivity contribution >= 4 is 29.4 Å². The van der Waals surface area contributed by atoms with Gasteiger partial charge in [0.15, 0.2) is 0 Å². The maximum absolute atomic E-state index is 12.4. The van der Waals surface area contributed by atoms with Gasteiger partial charge in [0, 0.05) is 41.8 Å². The first kappa shape index (κ1) is 24.4. The quantitative estimate of drug-likeness (QED) is 0.177. The summed E-state index contributed by atoms with van der Waals surface area (Å²) in [6.07, 6.45) is 1.63. The summed E-state index contributed by atoms with van der Waals surface area (Å²) in [6, 6.07) is 10.9. The number of carboxylic acid groups (broad SMARTS) is 1. The number of nitrogen functional groups attached to an aromatic ring is 1. The smallest absolute Gasteiger partial charge is 0.372 e. The van der Waals surface area contributed by atoms with Gasteiger partial charge in [0.1, 0.15) is 18.2 Å². The molecule has 178 valence electrons. The Kier molecular flexibility index (Phi) is 7.96. The zero-order chi connectivity index (χ0) is 24.7. The molecule has 10 heteroatoms. The summed E-state index contributed by atoms with van der Waals surface area (Å²) in [5, 5.41) is 19.1. The first-order valence-corrected chi connectivity index (χ1v) is 10.8. The number of amidine groups is 1. The summed E-state index contributed by atoms with van der Waals surface area (Å²) in [7, 11) is 0. The Bertz CT molecular complexity index is 1110. The summed E-state index contributed by atoms with van der Waals surface area (Å²) in [5.41, 5.74) is 7.11. The van der Waals surface area contributed by atoms with Crippen LogP contribution in [0.4, 0.5) is 0 Å².